The van der Waals surface area contributed by atoms with Gasteiger partial charge in [-0.05, 0) is 17.9 Å². The predicted octanol–water partition coefficient (Wildman–Crippen LogP) is 1.27. The zero-order valence-corrected chi connectivity index (χ0v) is 14.6. The molecule has 0 aliphatic carbocycles. The first-order valence-corrected chi connectivity index (χ1v) is 9.86. The summed E-state index contributed by atoms with van der Waals surface area (Å²) in [5.74, 6) is -0.941. The molecule has 1 unspecified atom stereocenters. The molecule has 2 rings (SSSR count). The number of carbonyl (C=O) groups is 2. The van der Waals surface area contributed by atoms with Crippen LogP contribution in [0.1, 0.15) is 31.2 Å². The van der Waals surface area contributed by atoms with E-state index in [1.807, 2.05) is 37.3 Å². The maximum atomic E-state index is 12.2. The molecule has 1 saturated heterocycles. The summed E-state index contributed by atoms with van der Waals surface area (Å²) in [5, 5.41) is 2.22. The van der Waals surface area contributed by atoms with Gasteiger partial charge < -0.3 is 4.74 Å². The number of rotatable bonds is 9. The molecule has 0 aromatic heterocycles. The van der Waals surface area contributed by atoms with Gasteiger partial charge in [0.25, 0.3) is 0 Å². The van der Waals surface area contributed by atoms with Crippen molar-refractivity contribution in [3.63, 3.8) is 0 Å². The third-order valence-corrected chi connectivity index (χ3v) is 5.92. The van der Waals surface area contributed by atoms with Crippen LogP contribution in [-0.4, -0.2) is 45.0 Å². The summed E-state index contributed by atoms with van der Waals surface area (Å²) in [6.45, 7) is 2.31. The third-order valence-electron chi connectivity index (χ3n) is 4.00. The number of hydrogen-bond acceptors (Lipinski definition) is 5. The Morgan fingerprint density at radius 3 is 2.58 bits per heavy atom. The highest BCUT2D eigenvalue weighted by molar-refractivity contribution is 7.91. The van der Waals surface area contributed by atoms with Crippen LogP contribution in [0.2, 0.25) is 0 Å². The van der Waals surface area contributed by atoms with Gasteiger partial charge in [0.2, 0.25) is 11.8 Å². The van der Waals surface area contributed by atoms with Gasteiger partial charge in [-0.15, -0.1) is 0 Å². The fraction of sp³-hybridized carbons (Fsp3) is 0.529. The molecule has 24 heavy (non-hydrogen) atoms. The first-order valence-electron chi connectivity index (χ1n) is 8.04. The lowest BCUT2D eigenvalue weighted by molar-refractivity contribution is -0.126. The predicted molar refractivity (Wildman–Crippen MR) is 90.2 cm³/mol. The van der Waals surface area contributed by atoms with Crippen molar-refractivity contribution in [3.8, 4) is 0 Å². The molecular weight excluding hydrogens is 330 g/mol. The maximum absolute atomic E-state index is 12.2. The van der Waals surface area contributed by atoms with Gasteiger partial charge in [-0.3, -0.25) is 14.9 Å². The number of hydrogen-bond donors (Lipinski definition) is 1. The summed E-state index contributed by atoms with van der Waals surface area (Å²) in [4.78, 5) is 22.4. The second-order valence-corrected chi connectivity index (χ2v) is 8.40. The molecule has 1 aromatic rings. The molecule has 2 atom stereocenters. The number of ether oxygens (including phenoxy) is 1. The number of benzene rings is 1. The molecule has 0 saturated carbocycles. The van der Waals surface area contributed by atoms with Crippen LogP contribution in [0.5, 0.6) is 0 Å². The third kappa shape index (κ3) is 5.72. The topological polar surface area (TPSA) is 89.5 Å². The van der Waals surface area contributed by atoms with E-state index < -0.39 is 15.8 Å². The monoisotopic (exact) mass is 353 g/mol. The highest BCUT2D eigenvalue weighted by Gasteiger charge is 2.30. The zero-order valence-electron chi connectivity index (χ0n) is 13.7. The Kier molecular flexibility index (Phi) is 6.51. The van der Waals surface area contributed by atoms with E-state index in [2.05, 4.69) is 5.32 Å². The molecule has 1 N–H and O–H groups in total. The van der Waals surface area contributed by atoms with E-state index in [0.717, 1.165) is 5.56 Å². The van der Waals surface area contributed by atoms with Crippen LogP contribution in [0, 0.1) is 5.92 Å². The fourth-order valence-electron chi connectivity index (χ4n) is 2.69. The maximum Gasteiger partial charge on any atom is 0.232 e. The van der Waals surface area contributed by atoms with Crippen molar-refractivity contribution < 1.29 is 22.7 Å². The van der Waals surface area contributed by atoms with Gasteiger partial charge in [-0.25, -0.2) is 8.42 Å². The molecule has 1 fully saturated rings. The second-order valence-electron chi connectivity index (χ2n) is 6.17. The smallest absolute Gasteiger partial charge is 0.232 e. The molecule has 0 radical (unpaired) electrons. The summed E-state index contributed by atoms with van der Waals surface area (Å²) in [6.07, 6.45) is 0.526. The van der Waals surface area contributed by atoms with Gasteiger partial charge in [-0.2, -0.15) is 0 Å². The Morgan fingerprint density at radius 1 is 1.25 bits per heavy atom. The van der Waals surface area contributed by atoms with Crippen molar-refractivity contribution in [1.82, 2.24) is 5.32 Å². The van der Waals surface area contributed by atoms with Crippen molar-refractivity contribution in [2.24, 2.45) is 5.92 Å². The molecule has 1 aromatic carbocycles. The van der Waals surface area contributed by atoms with E-state index in [0.29, 0.717) is 6.42 Å². The average molecular weight is 353 g/mol. The highest BCUT2D eigenvalue weighted by atomic mass is 32.2. The van der Waals surface area contributed by atoms with Crippen LogP contribution < -0.4 is 5.32 Å². The fourth-order valence-corrected chi connectivity index (χ4v) is 4.37. The number of carbonyl (C=O) groups excluding carboxylic acids is 2. The standard InChI is InChI=1S/C17H23NO5S/c1-13(14-6-3-2-4-7-14)12-24(21,22)9-5-8-23-11-15-10-16(19)18-17(15)20/h2-4,6-7,13,15H,5,8-12H2,1H3,(H,18,19,20)/t13-,15?/m0/s1. The van der Waals surface area contributed by atoms with Crippen LogP contribution >= 0.6 is 0 Å². The molecule has 1 aliphatic rings. The van der Waals surface area contributed by atoms with Crippen LogP contribution in [0.4, 0.5) is 0 Å². The van der Waals surface area contributed by atoms with Gasteiger partial charge in [0.05, 0.1) is 24.0 Å². The highest BCUT2D eigenvalue weighted by Crippen LogP contribution is 2.17. The minimum absolute atomic E-state index is 0.0506. The van der Waals surface area contributed by atoms with Gasteiger partial charge >= 0.3 is 0 Å². The number of imide groups is 1. The minimum Gasteiger partial charge on any atom is -0.381 e. The van der Waals surface area contributed by atoms with Crippen LogP contribution in [0.25, 0.3) is 0 Å². The quantitative estimate of drug-likeness (QED) is 0.533. The molecule has 2 amide bonds. The Labute approximate surface area is 142 Å². The van der Waals surface area contributed by atoms with Crippen LogP contribution in [-0.2, 0) is 24.2 Å². The van der Waals surface area contributed by atoms with Gasteiger partial charge in [0.1, 0.15) is 0 Å². The van der Waals surface area contributed by atoms with Gasteiger partial charge in [-0.1, -0.05) is 37.3 Å². The average Bonchev–Trinajstić information content (AvgIpc) is 2.85. The van der Waals surface area contributed by atoms with Gasteiger partial charge in [0, 0.05) is 13.0 Å². The molecule has 1 aliphatic heterocycles. The molecule has 1 heterocycles. The Bertz CT molecular complexity index is 671. The van der Waals surface area contributed by atoms with E-state index in [1.54, 1.807) is 0 Å². The van der Waals surface area contributed by atoms with E-state index >= 15 is 0 Å². The largest absolute Gasteiger partial charge is 0.381 e. The van der Waals surface area contributed by atoms with Gasteiger partial charge in [0.15, 0.2) is 9.84 Å². The summed E-state index contributed by atoms with van der Waals surface area (Å²) >= 11 is 0. The van der Waals surface area contributed by atoms with Crippen molar-refractivity contribution in [3.05, 3.63) is 35.9 Å². The summed E-state index contributed by atoms with van der Waals surface area (Å²) in [5.41, 5.74) is 1.01. The summed E-state index contributed by atoms with van der Waals surface area (Å²) in [7, 11) is -3.16. The lowest BCUT2D eigenvalue weighted by Crippen LogP contribution is -2.24. The first kappa shape index (κ1) is 18.6. The van der Waals surface area contributed by atoms with E-state index in [9.17, 15) is 18.0 Å². The minimum atomic E-state index is -3.16. The van der Waals surface area contributed by atoms with Crippen molar-refractivity contribution >= 4 is 21.7 Å². The van der Waals surface area contributed by atoms with Crippen molar-refractivity contribution in [2.45, 2.75) is 25.7 Å². The van der Waals surface area contributed by atoms with E-state index in [-0.39, 0.29) is 48.9 Å². The Balaban J connectivity index is 1.67. The molecular formula is C17H23NO5S. The zero-order chi connectivity index (χ0) is 17.6. The lowest BCUT2D eigenvalue weighted by Gasteiger charge is -2.12. The molecule has 7 heteroatoms. The summed E-state index contributed by atoms with van der Waals surface area (Å²) in [6, 6.07) is 9.56. The molecule has 0 spiro atoms. The summed E-state index contributed by atoms with van der Waals surface area (Å²) < 4.78 is 29.7. The van der Waals surface area contributed by atoms with E-state index in [4.69, 9.17) is 4.74 Å². The molecule has 0 bridgehead atoms. The molecule has 132 valence electrons. The van der Waals surface area contributed by atoms with Crippen LogP contribution in [0.3, 0.4) is 0 Å². The first-order chi connectivity index (χ1) is 11.4. The number of nitrogens with one attached hydrogen (secondary N) is 1. The Morgan fingerprint density at radius 2 is 1.96 bits per heavy atom. The van der Waals surface area contributed by atoms with Crippen molar-refractivity contribution in [1.29, 1.82) is 0 Å². The van der Waals surface area contributed by atoms with Crippen molar-refractivity contribution in [2.75, 3.05) is 24.7 Å². The molecule has 6 nitrogen and oxygen atoms in total. The number of amides is 2. The van der Waals surface area contributed by atoms with E-state index in [1.165, 1.54) is 0 Å². The SMILES string of the molecule is C[C@@H](CS(=O)(=O)CCCOCC1CC(=O)NC1=O)c1ccccc1. The Hall–Kier alpha value is -1.73. The second kappa shape index (κ2) is 8.39. The number of sulfone groups is 1. The van der Waals surface area contributed by atoms with Crippen LogP contribution in [0.15, 0.2) is 30.3 Å². The normalized spacial score (nSPS) is 19.3. The lowest BCUT2D eigenvalue weighted by atomic mass is 10.0.